The number of nitrogens with zero attached hydrogens (tertiary/aromatic N) is 1. The van der Waals surface area contributed by atoms with Crippen molar-refractivity contribution in [3.8, 4) is 0 Å². The van der Waals surface area contributed by atoms with Gasteiger partial charge in [-0.15, -0.1) is 0 Å². The summed E-state index contributed by atoms with van der Waals surface area (Å²) in [6, 6.07) is 4.88. The molecule has 0 spiro atoms. The van der Waals surface area contributed by atoms with Gasteiger partial charge in [-0.25, -0.2) is 0 Å². The predicted molar refractivity (Wildman–Crippen MR) is 103 cm³/mol. The number of halogens is 3. The number of nitrogens with one attached hydrogen (secondary N) is 2. The van der Waals surface area contributed by atoms with Gasteiger partial charge in [0, 0.05) is 30.7 Å². The lowest BCUT2D eigenvalue weighted by Crippen LogP contribution is -2.41. The van der Waals surface area contributed by atoms with Crippen molar-refractivity contribution >= 4 is 17.5 Å². The molecular formula is C21H26F3N3O3. The third-order valence-corrected chi connectivity index (χ3v) is 6.60. The van der Waals surface area contributed by atoms with E-state index < -0.39 is 17.6 Å². The van der Waals surface area contributed by atoms with E-state index in [1.807, 2.05) is 0 Å². The van der Waals surface area contributed by atoms with E-state index in [-0.39, 0.29) is 30.2 Å². The fourth-order valence-corrected chi connectivity index (χ4v) is 4.93. The lowest BCUT2D eigenvalue weighted by Gasteiger charge is -2.34. The van der Waals surface area contributed by atoms with Crippen molar-refractivity contribution in [2.45, 2.75) is 44.0 Å². The topological polar surface area (TPSA) is 81.7 Å². The molecule has 2 aliphatic carbocycles. The lowest BCUT2D eigenvalue weighted by molar-refractivity contribution is -0.137. The molecule has 3 fully saturated rings. The summed E-state index contributed by atoms with van der Waals surface area (Å²) in [7, 11) is 0. The number of hydrogen-bond donors (Lipinski definition) is 3. The number of rotatable bonds is 5. The van der Waals surface area contributed by atoms with Crippen LogP contribution >= 0.6 is 0 Å². The number of amides is 2. The van der Waals surface area contributed by atoms with Crippen molar-refractivity contribution in [1.29, 1.82) is 0 Å². The van der Waals surface area contributed by atoms with Crippen LogP contribution in [0.4, 0.5) is 18.9 Å². The van der Waals surface area contributed by atoms with Crippen LogP contribution in [0.2, 0.25) is 0 Å². The van der Waals surface area contributed by atoms with E-state index in [0.717, 1.165) is 50.9 Å². The minimum atomic E-state index is -4.48. The van der Waals surface area contributed by atoms with Gasteiger partial charge < -0.3 is 15.7 Å². The van der Waals surface area contributed by atoms with E-state index in [9.17, 15) is 27.9 Å². The van der Waals surface area contributed by atoms with Crippen molar-refractivity contribution in [2.24, 2.45) is 17.8 Å². The Hall–Kier alpha value is -2.13. The van der Waals surface area contributed by atoms with Crippen molar-refractivity contribution in [1.82, 2.24) is 10.2 Å². The van der Waals surface area contributed by atoms with Gasteiger partial charge in [-0.2, -0.15) is 13.2 Å². The molecule has 3 N–H and O–H groups in total. The molecular weight excluding hydrogens is 399 g/mol. The van der Waals surface area contributed by atoms with Crippen LogP contribution in [0.1, 0.15) is 31.2 Å². The zero-order chi connectivity index (χ0) is 21.5. The number of piperidine rings is 1. The highest BCUT2D eigenvalue weighted by Crippen LogP contribution is 2.52. The lowest BCUT2D eigenvalue weighted by atomic mass is 9.92. The summed E-state index contributed by atoms with van der Waals surface area (Å²) in [5, 5.41) is 14.6. The van der Waals surface area contributed by atoms with Crippen molar-refractivity contribution in [2.75, 3.05) is 25.0 Å². The summed E-state index contributed by atoms with van der Waals surface area (Å²) in [6.45, 7) is 1.48. The molecule has 0 radical (unpaired) electrons. The zero-order valence-corrected chi connectivity index (χ0v) is 16.5. The number of benzene rings is 1. The van der Waals surface area contributed by atoms with Gasteiger partial charge in [0.25, 0.3) is 0 Å². The maximum atomic E-state index is 12.7. The van der Waals surface area contributed by atoms with Crippen LogP contribution in [-0.4, -0.2) is 53.6 Å². The summed E-state index contributed by atoms with van der Waals surface area (Å²) in [5.41, 5.74) is -0.798. The van der Waals surface area contributed by atoms with E-state index in [1.54, 1.807) is 0 Å². The van der Waals surface area contributed by atoms with Crippen LogP contribution in [0.3, 0.4) is 0 Å². The molecule has 1 saturated heterocycles. The van der Waals surface area contributed by atoms with Crippen LogP contribution in [0.25, 0.3) is 0 Å². The molecule has 30 heavy (non-hydrogen) atoms. The molecule has 164 valence electrons. The summed E-state index contributed by atoms with van der Waals surface area (Å²) in [5.74, 6) is -0.192. The number of alkyl halides is 3. The minimum Gasteiger partial charge on any atom is -0.393 e. The third-order valence-electron chi connectivity index (χ3n) is 6.60. The molecule has 2 saturated carbocycles. The largest absolute Gasteiger partial charge is 0.416 e. The van der Waals surface area contributed by atoms with Crippen molar-refractivity contribution < 1.29 is 27.9 Å². The van der Waals surface area contributed by atoms with Crippen LogP contribution < -0.4 is 10.6 Å². The highest BCUT2D eigenvalue weighted by atomic mass is 19.4. The van der Waals surface area contributed by atoms with Gasteiger partial charge in [0.05, 0.1) is 18.2 Å². The maximum Gasteiger partial charge on any atom is 0.416 e. The molecule has 1 aliphatic heterocycles. The average molecular weight is 425 g/mol. The highest BCUT2D eigenvalue weighted by Gasteiger charge is 2.59. The summed E-state index contributed by atoms with van der Waals surface area (Å²) in [4.78, 5) is 26.8. The Morgan fingerprint density at radius 3 is 2.40 bits per heavy atom. The van der Waals surface area contributed by atoms with Gasteiger partial charge >= 0.3 is 6.18 Å². The van der Waals surface area contributed by atoms with Crippen LogP contribution in [0.5, 0.6) is 0 Å². The number of carbonyl (C=O) groups is 2. The zero-order valence-electron chi connectivity index (χ0n) is 16.5. The molecule has 0 bridgehead atoms. The smallest absolute Gasteiger partial charge is 0.393 e. The number of aliphatic hydroxyl groups is 1. The van der Waals surface area contributed by atoms with Crippen LogP contribution in [-0.2, 0) is 15.8 Å². The monoisotopic (exact) mass is 425 g/mol. The summed E-state index contributed by atoms with van der Waals surface area (Å²) >= 11 is 0. The van der Waals surface area contributed by atoms with Gasteiger partial charge in [0.1, 0.15) is 0 Å². The van der Waals surface area contributed by atoms with Crippen LogP contribution in [0.15, 0.2) is 24.3 Å². The summed E-state index contributed by atoms with van der Waals surface area (Å²) < 4.78 is 38.2. The molecule has 6 nitrogen and oxygen atoms in total. The van der Waals surface area contributed by atoms with E-state index in [1.165, 1.54) is 12.1 Å². The Labute approximate surface area is 172 Å². The van der Waals surface area contributed by atoms with E-state index in [4.69, 9.17) is 0 Å². The maximum absolute atomic E-state index is 12.7. The predicted octanol–water partition coefficient (Wildman–Crippen LogP) is 2.24. The van der Waals surface area contributed by atoms with Gasteiger partial charge in [-0.3, -0.25) is 14.5 Å². The molecule has 1 unspecified atom stereocenters. The first-order chi connectivity index (χ1) is 14.2. The molecule has 1 aromatic carbocycles. The van der Waals surface area contributed by atoms with Gasteiger partial charge in [-0.05, 0) is 55.7 Å². The van der Waals surface area contributed by atoms with E-state index in [2.05, 4.69) is 15.5 Å². The highest BCUT2D eigenvalue weighted by molar-refractivity contribution is 5.95. The SMILES string of the molecule is O=C(CNC(=O)C1[C@H]2CN(C3CCC(O)CC3)C[C@@H]12)Nc1cccc(C(F)(F)F)c1. The fourth-order valence-electron chi connectivity index (χ4n) is 4.93. The number of carbonyl (C=O) groups excluding carboxylic acids is 2. The molecule has 0 aromatic heterocycles. The standard InChI is InChI=1S/C21H26F3N3O3/c22-21(23,24)12-2-1-3-13(8-12)26-18(29)9-25-20(30)19-16-10-27(11-17(16)19)14-4-6-15(28)7-5-14/h1-3,8,14-17,19,28H,4-7,9-11H2,(H,25,30)(H,26,29)/t14?,15?,16-,17+,19?. The third kappa shape index (κ3) is 4.62. The van der Waals surface area contributed by atoms with E-state index in [0.29, 0.717) is 17.9 Å². The molecule has 9 heteroatoms. The fraction of sp³-hybridized carbons (Fsp3) is 0.619. The van der Waals surface area contributed by atoms with Gasteiger partial charge in [0.15, 0.2) is 0 Å². The Bertz CT molecular complexity index is 796. The molecule has 4 rings (SSSR count). The first kappa shape index (κ1) is 21.1. The molecule has 1 aromatic rings. The number of fused-ring (bicyclic) bond motifs is 1. The Morgan fingerprint density at radius 1 is 1.10 bits per heavy atom. The van der Waals surface area contributed by atoms with Crippen LogP contribution in [0, 0.1) is 17.8 Å². The molecule has 3 aliphatic rings. The van der Waals surface area contributed by atoms with Crippen molar-refractivity contribution in [3.63, 3.8) is 0 Å². The second kappa shape index (κ2) is 8.19. The Kier molecular flexibility index (Phi) is 5.76. The van der Waals surface area contributed by atoms with Crippen molar-refractivity contribution in [3.05, 3.63) is 29.8 Å². The minimum absolute atomic E-state index is 0.0422. The normalized spacial score (nSPS) is 31.1. The number of aliphatic hydroxyl groups excluding tert-OH is 1. The first-order valence-electron chi connectivity index (χ1n) is 10.4. The van der Waals surface area contributed by atoms with Gasteiger partial charge in [0.2, 0.25) is 11.8 Å². The van der Waals surface area contributed by atoms with E-state index >= 15 is 0 Å². The average Bonchev–Trinajstić information content (AvgIpc) is 3.20. The molecule has 3 atom stereocenters. The Balaban J connectivity index is 1.20. The van der Waals surface area contributed by atoms with Gasteiger partial charge in [-0.1, -0.05) is 6.07 Å². The summed E-state index contributed by atoms with van der Waals surface area (Å²) in [6.07, 6.45) is -1.01. The first-order valence-corrected chi connectivity index (χ1v) is 10.4. The number of anilines is 1. The molecule has 1 heterocycles. The quantitative estimate of drug-likeness (QED) is 0.676. The number of hydrogen-bond acceptors (Lipinski definition) is 4. The second-order valence-corrected chi connectivity index (χ2v) is 8.61. The second-order valence-electron chi connectivity index (χ2n) is 8.61. The molecule has 2 amide bonds. The Morgan fingerprint density at radius 2 is 1.77 bits per heavy atom. The number of likely N-dealkylation sites (tertiary alicyclic amines) is 1.